The maximum atomic E-state index is 5.07. The Morgan fingerprint density at radius 1 is 1.15 bits per heavy atom. The molecule has 0 aliphatic rings. The van der Waals surface area contributed by atoms with Gasteiger partial charge in [-0.2, -0.15) is 0 Å². The number of nitrogens with one attached hydrogen (secondary N) is 1. The van der Waals surface area contributed by atoms with Crippen LogP contribution in [0, 0.1) is 6.92 Å². The molecule has 0 radical (unpaired) electrons. The number of anilines is 1. The number of benzene rings is 1. The first-order valence-corrected chi connectivity index (χ1v) is 7.19. The molecular formula is C16H29N3O. The fourth-order valence-corrected chi connectivity index (χ4v) is 2.10. The molecule has 0 heterocycles. The SMILES string of the molecule is COCCNCc1cc(C)ccc1N(C)CCN(C)C. The largest absolute Gasteiger partial charge is 0.383 e. The molecular weight excluding hydrogens is 250 g/mol. The summed E-state index contributed by atoms with van der Waals surface area (Å²) in [6.45, 7) is 6.74. The Labute approximate surface area is 123 Å². The molecule has 1 aromatic carbocycles. The Balaban J connectivity index is 2.68. The Bertz CT molecular complexity index is 393. The summed E-state index contributed by atoms with van der Waals surface area (Å²) in [5.74, 6) is 0. The maximum Gasteiger partial charge on any atom is 0.0587 e. The molecule has 0 spiro atoms. The Morgan fingerprint density at radius 2 is 1.90 bits per heavy atom. The molecule has 1 rings (SSSR count). The van der Waals surface area contributed by atoms with Crippen LogP contribution in [-0.2, 0) is 11.3 Å². The van der Waals surface area contributed by atoms with Crippen molar-refractivity contribution >= 4 is 5.69 Å². The zero-order valence-electron chi connectivity index (χ0n) is 13.6. The number of nitrogens with zero attached hydrogens (tertiary/aromatic N) is 2. The van der Waals surface area contributed by atoms with E-state index < -0.39 is 0 Å². The third-order valence-corrected chi connectivity index (χ3v) is 3.33. The molecule has 20 heavy (non-hydrogen) atoms. The van der Waals surface area contributed by atoms with Gasteiger partial charge in [-0.25, -0.2) is 0 Å². The van der Waals surface area contributed by atoms with Crippen molar-refractivity contribution in [2.24, 2.45) is 0 Å². The highest BCUT2D eigenvalue weighted by atomic mass is 16.5. The summed E-state index contributed by atoms with van der Waals surface area (Å²) < 4.78 is 5.07. The van der Waals surface area contributed by atoms with Gasteiger partial charge in [0.1, 0.15) is 0 Å². The van der Waals surface area contributed by atoms with Gasteiger partial charge in [-0.05, 0) is 32.6 Å². The van der Waals surface area contributed by atoms with E-state index in [0.29, 0.717) is 0 Å². The van der Waals surface area contributed by atoms with Crippen molar-refractivity contribution in [1.29, 1.82) is 0 Å². The van der Waals surface area contributed by atoms with Crippen molar-refractivity contribution in [2.45, 2.75) is 13.5 Å². The monoisotopic (exact) mass is 279 g/mol. The number of rotatable bonds is 9. The van der Waals surface area contributed by atoms with Gasteiger partial charge in [-0.1, -0.05) is 17.7 Å². The molecule has 1 aromatic rings. The number of aryl methyl sites for hydroxylation is 1. The van der Waals surface area contributed by atoms with Crippen LogP contribution in [0.1, 0.15) is 11.1 Å². The van der Waals surface area contributed by atoms with E-state index in [-0.39, 0.29) is 0 Å². The minimum absolute atomic E-state index is 0.748. The summed E-state index contributed by atoms with van der Waals surface area (Å²) in [5.41, 5.74) is 3.96. The van der Waals surface area contributed by atoms with Crippen LogP contribution in [-0.4, -0.2) is 59.4 Å². The number of hydrogen-bond acceptors (Lipinski definition) is 4. The topological polar surface area (TPSA) is 27.7 Å². The Morgan fingerprint density at radius 3 is 2.55 bits per heavy atom. The molecule has 4 heteroatoms. The fraction of sp³-hybridized carbons (Fsp3) is 0.625. The van der Waals surface area contributed by atoms with Crippen LogP contribution in [0.15, 0.2) is 18.2 Å². The quantitative estimate of drug-likeness (QED) is 0.697. The van der Waals surface area contributed by atoms with Crippen LogP contribution in [0.2, 0.25) is 0 Å². The highest BCUT2D eigenvalue weighted by Crippen LogP contribution is 2.20. The molecule has 1 N–H and O–H groups in total. The van der Waals surface area contributed by atoms with Crippen molar-refractivity contribution in [3.05, 3.63) is 29.3 Å². The lowest BCUT2D eigenvalue weighted by Crippen LogP contribution is -2.29. The minimum atomic E-state index is 0.748. The molecule has 0 aromatic heterocycles. The summed E-state index contributed by atoms with van der Waals surface area (Å²) in [4.78, 5) is 4.54. The highest BCUT2D eigenvalue weighted by molar-refractivity contribution is 5.54. The van der Waals surface area contributed by atoms with Crippen LogP contribution in [0.5, 0.6) is 0 Å². The van der Waals surface area contributed by atoms with Crippen molar-refractivity contribution < 1.29 is 4.74 Å². The lowest BCUT2D eigenvalue weighted by molar-refractivity contribution is 0.199. The summed E-state index contributed by atoms with van der Waals surface area (Å²) in [6.07, 6.45) is 0. The zero-order chi connectivity index (χ0) is 15.0. The summed E-state index contributed by atoms with van der Waals surface area (Å²) in [7, 11) is 8.11. The third kappa shape index (κ3) is 5.90. The average molecular weight is 279 g/mol. The van der Waals surface area contributed by atoms with Gasteiger partial charge in [0.05, 0.1) is 6.61 Å². The van der Waals surface area contributed by atoms with Gasteiger partial charge in [-0.3, -0.25) is 0 Å². The smallest absolute Gasteiger partial charge is 0.0587 e. The Hall–Kier alpha value is -1.10. The first-order valence-electron chi connectivity index (χ1n) is 7.19. The molecule has 0 aliphatic carbocycles. The van der Waals surface area contributed by atoms with Crippen LogP contribution >= 0.6 is 0 Å². The number of ether oxygens (including phenoxy) is 1. The first-order chi connectivity index (χ1) is 9.54. The van der Waals surface area contributed by atoms with E-state index in [9.17, 15) is 0 Å². The van der Waals surface area contributed by atoms with E-state index in [0.717, 1.165) is 32.8 Å². The van der Waals surface area contributed by atoms with E-state index in [1.54, 1.807) is 7.11 Å². The van der Waals surface area contributed by atoms with Gasteiger partial charge in [0.15, 0.2) is 0 Å². The molecule has 0 atom stereocenters. The predicted octanol–water partition coefficient (Wildman–Crippen LogP) is 1.73. The van der Waals surface area contributed by atoms with Crippen molar-refractivity contribution in [3.63, 3.8) is 0 Å². The van der Waals surface area contributed by atoms with E-state index >= 15 is 0 Å². The van der Waals surface area contributed by atoms with Gasteiger partial charge in [0.2, 0.25) is 0 Å². The molecule has 0 unspecified atom stereocenters. The molecule has 0 amide bonds. The van der Waals surface area contributed by atoms with Gasteiger partial charge >= 0.3 is 0 Å². The van der Waals surface area contributed by atoms with Gasteiger partial charge in [0.25, 0.3) is 0 Å². The summed E-state index contributed by atoms with van der Waals surface area (Å²) in [5, 5.41) is 3.43. The van der Waals surface area contributed by atoms with E-state index in [2.05, 4.69) is 61.4 Å². The number of methoxy groups -OCH3 is 1. The third-order valence-electron chi connectivity index (χ3n) is 3.33. The van der Waals surface area contributed by atoms with Crippen LogP contribution in [0.4, 0.5) is 5.69 Å². The van der Waals surface area contributed by atoms with Gasteiger partial charge in [0, 0.05) is 46.0 Å². The fourth-order valence-electron chi connectivity index (χ4n) is 2.10. The second-order valence-electron chi connectivity index (χ2n) is 5.53. The second kappa shape index (κ2) is 8.95. The maximum absolute atomic E-state index is 5.07. The van der Waals surface area contributed by atoms with Crippen LogP contribution in [0.3, 0.4) is 0 Å². The average Bonchev–Trinajstić information content (AvgIpc) is 2.41. The summed E-state index contributed by atoms with van der Waals surface area (Å²) >= 11 is 0. The van der Waals surface area contributed by atoms with Crippen LogP contribution < -0.4 is 10.2 Å². The zero-order valence-corrected chi connectivity index (χ0v) is 13.6. The van der Waals surface area contributed by atoms with E-state index in [1.807, 2.05) is 0 Å². The predicted molar refractivity (Wildman–Crippen MR) is 86.6 cm³/mol. The molecule has 0 bridgehead atoms. The molecule has 0 aliphatic heterocycles. The van der Waals surface area contributed by atoms with Gasteiger partial charge < -0.3 is 19.9 Å². The van der Waals surface area contributed by atoms with Crippen molar-refractivity contribution in [3.8, 4) is 0 Å². The molecule has 0 saturated carbocycles. The number of likely N-dealkylation sites (N-methyl/N-ethyl adjacent to an activating group) is 2. The van der Waals surface area contributed by atoms with E-state index in [4.69, 9.17) is 4.74 Å². The lowest BCUT2D eigenvalue weighted by Gasteiger charge is -2.24. The molecule has 0 fully saturated rings. The number of hydrogen-bond donors (Lipinski definition) is 1. The van der Waals surface area contributed by atoms with Crippen molar-refractivity contribution in [2.75, 3.05) is 59.4 Å². The summed E-state index contributed by atoms with van der Waals surface area (Å²) in [6, 6.07) is 6.67. The highest BCUT2D eigenvalue weighted by Gasteiger charge is 2.08. The normalized spacial score (nSPS) is 11.1. The van der Waals surface area contributed by atoms with Crippen molar-refractivity contribution in [1.82, 2.24) is 10.2 Å². The first kappa shape index (κ1) is 17.0. The second-order valence-corrected chi connectivity index (χ2v) is 5.53. The Kier molecular flexibility index (Phi) is 7.59. The molecule has 0 saturated heterocycles. The minimum Gasteiger partial charge on any atom is -0.383 e. The van der Waals surface area contributed by atoms with E-state index in [1.165, 1.54) is 16.8 Å². The lowest BCUT2D eigenvalue weighted by atomic mass is 10.1. The van der Waals surface area contributed by atoms with Crippen LogP contribution in [0.25, 0.3) is 0 Å². The standard InChI is InChI=1S/C16H29N3O/c1-14-6-7-16(19(4)10-9-18(2)3)15(12-14)13-17-8-11-20-5/h6-7,12,17H,8-11,13H2,1-5H3. The molecule has 4 nitrogen and oxygen atoms in total. The van der Waals surface area contributed by atoms with Gasteiger partial charge in [-0.15, -0.1) is 0 Å². The molecule has 114 valence electrons.